The minimum absolute atomic E-state index is 0.0543. The molecule has 8 heteroatoms. The molecule has 0 aromatic heterocycles. The van der Waals surface area contributed by atoms with Gasteiger partial charge < -0.3 is 0 Å². The molecule has 2 amide bonds. The summed E-state index contributed by atoms with van der Waals surface area (Å²) >= 11 is 4.26. The number of hydrogen-bond donors (Lipinski definition) is 2. The Morgan fingerprint density at radius 1 is 1.04 bits per heavy atom. The van der Waals surface area contributed by atoms with E-state index in [1.807, 2.05) is 0 Å². The van der Waals surface area contributed by atoms with Crippen molar-refractivity contribution in [2.75, 3.05) is 5.75 Å². The number of nitrogens with one attached hydrogen (secondary N) is 2. The van der Waals surface area contributed by atoms with Gasteiger partial charge in [-0.15, -0.1) is 11.8 Å². The van der Waals surface area contributed by atoms with Crippen LogP contribution in [0.3, 0.4) is 0 Å². The van der Waals surface area contributed by atoms with Gasteiger partial charge in [0.25, 0.3) is 5.91 Å². The van der Waals surface area contributed by atoms with Gasteiger partial charge in [0.15, 0.2) is 11.6 Å². The average molecular weight is 401 g/mol. The number of hydrazine groups is 1. The van der Waals surface area contributed by atoms with Crippen LogP contribution in [0.5, 0.6) is 0 Å². The largest absolute Gasteiger partial charge is 0.272 e. The molecule has 2 aromatic carbocycles. The Bertz CT molecular complexity index is 743. The van der Waals surface area contributed by atoms with Crippen LogP contribution in [-0.4, -0.2) is 17.6 Å². The molecule has 0 heterocycles. The number of hydrogen-bond acceptors (Lipinski definition) is 3. The summed E-state index contributed by atoms with van der Waals surface area (Å²) in [7, 11) is 0. The Labute approximate surface area is 143 Å². The van der Waals surface area contributed by atoms with Crippen molar-refractivity contribution in [1.82, 2.24) is 10.9 Å². The van der Waals surface area contributed by atoms with Crippen LogP contribution in [0.1, 0.15) is 10.4 Å². The van der Waals surface area contributed by atoms with E-state index in [-0.39, 0.29) is 5.75 Å². The molecule has 0 aliphatic rings. The molecular weight excluding hydrogens is 390 g/mol. The number of carbonyl (C=O) groups excluding carboxylic acids is 2. The van der Waals surface area contributed by atoms with Crippen molar-refractivity contribution in [3.8, 4) is 0 Å². The lowest BCUT2D eigenvalue weighted by atomic mass is 10.2. The maximum atomic E-state index is 13.0. The molecule has 0 saturated heterocycles. The van der Waals surface area contributed by atoms with Gasteiger partial charge in [-0.3, -0.25) is 20.4 Å². The summed E-state index contributed by atoms with van der Waals surface area (Å²) in [6, 6.07) is 10.1. The smallest absolute Gasteiger partial charge is 0.270 e. The lowest BCUT2D eigenvalue weighted by molar-refractivity contribution is -0.119. The third-order valence-corrected chi connectivity index (χ3v) is 4.38. The van der Waals surface area contributed by atoms with Crippen molar-refractivity contribution in [1.29, 1.82) is 0 Å². The Kier molecular flexibility index (Phi) is 6.12. The first-order chi connectivity index (χ1) is 11.0. The molecule has 0 aliphatic carbocycles. The predicted octanol–water partition coefficient (Wildman–Crippen LogP) is 3.28. The van der Waals surface area contributed by atoms with Crippen molar-refractivity contribution in [2.24, 2.45) is 0 Å². The van der Waals surface area contributed by atoms with Gasteiger partial charge in [0, 0.05) is 9.37 Å². The highest BCUT2D eigenvalue weighted by Gasteiger charge is 2.11. The molecule has 0 bridgehead atoms. The van der Waals surface area contributed by atoms with Crippen molar-refractivity contribution in [2.45, 2.75) is 4.90 Å². The fraction of sp³-hybridized carbons (Fsp3) is 0.0667. The number of halogens is 3. The number of carbonyl (C=O) groups is 2. The van der Waals surface area contributed by atoms with Crippen LogP contribution in [0.2, 0.25) is 0 Å². The summed E-state index contributed by atoms with van der Waals surface area (Å²) in [5, 5.41) is 0. The highest BCUT2D eigenvalue weighted by molar-refractivity contribution is 9.10. The standard InChI is InChI=1S/C15H11BrF2N2O2S/c16-11-4-2-1-3-10(11)15(22)20-19-14(21)8-23-9-5-6-12(17)13(18)7-9/h1-7H,8H2,(H,19,21)(H,20,22). The predicted molar refractivity (Wildman–Crippen MR) is 86.8 cm³/mol. The first-order valence-corrected chi connectivity index (χ1v) is 8.17. The zero-order chi connectivity index (χ0) is 16.8. The molecule has 4 nitrogen and oxygen atoms in total. The molecule has 0 unspecified atom stereocenters. The molecule has 120 valence electrons. The Hall–Kier alpha value is -1.93. The maximum Gasteiger partial charge on any atom is 0.270 e. The highest BCUT2D eigenvalue weighted by Crippen LogP contribution is 2.20. The van der Waals surface area contributed by atoms with Gasteiger partial charge in [0.05, 0.1) is 11.3 Å². The van der Waals surface area contributed by atoms with Crippen molar-refractivity contribution >= 4 is 39.5 Å². The molecule has 0 spiro atoms. The molecule has 2 rings (SSSR count). The quantitative estimate of drug-likeness (QED) is 0.611. The normalized spacial score (nSPS) is 10.2. The minimum atomic E-state index is -0.974. The van der Waals surface area contributed by atoms with Gasteiger partial charge in [-0.2, -0.15) is 0 Å². The molecule has 23 heavy (non-hydrogen) atoms. The highest BCUT2D eigenvalue weighted by atomic mass is 79.9. The summed E-state index contributed by atoms with van der Waals surface area (Å²) in [5.74, 6) is -2.91. The summed E-state index contributed by atoms with van der Waals surface area (Å²) < 4.78 is 26.4. The van der Waals surface area contributed by atoms with Crippen LogP contribution in [0, 0.1) is 11.6 Å². The van der Waals surface area contributed by atoms with Crippen LogP contribution >= 0.6 is 27.7 Å². The third kappa shape index (κ3) is 5.04. The summed E-state index contributed by atoms with van der Waals surface area (Å²) in [4.78, 5) is 23.9. The number of benzene rings is 2. The Morgan fingerprint density at radius 2 is 1.78 bits per heavy atom. The van der Waals surface area contributed by atoms with Gasteiger partial charge in [-0.1, -0.05) is 12.1 Å². The van der Waals surface area contributed by atoms with Crippen molar-refractivity contribution in [3.63, 3.8) is 0 Å². The fourth-order valence-corrected chi connectivity index (χ4v) is 2.78. The lowest BCUT2D eigenvalue weighted by Gasteiger charge is -2.08. The Morgan fingerprint density at radius 3 is 2.48 bits per heavy atom. The van der Waals surface area contributed by atoms with E-state index >= 15 is 0 Å². The molecule has 0 atom stereocenters. The van der Waals surface area contributed by atoms with Gasteiger partial charge in [-0.25, -0.2) is 8.78 Å². The number of thioether (sulfide) groups is 1. The van der Waals surface area contributed by atoms with Gasteiger partial charge in [-0.05, 0) is 46.3 Å². The van der Waals surface area contributed by atoms with E-state index in [9.17, 15) is 18.4 Å². The number of amides is 2. The lowest BCUT2D eigenvalue weighted by Crippen LogP contribution is -2.42. The van der Waals surface area contributed by atoms with Crippen LogP contribution in [-0.2, 0) is 4.79 Å². The monoisotopic (exact) mass is 400 g/mol. The van der Waals surface area contributed by atoms with Crippen LogP contribution in [0.4, 0.5) is 8.78 Å². The van der Waals surface area contributed by atoms with Gasteiger partial charge in [0.1, 0.15) is 0 Å². The van der Waals surface area contributed by atoms with E-state index in [0.29, 0.717) is 14.9 Å². The van der Waals surface area contributed by atoms with E-state index in [1.54, 1.807) is 24.3 Å². The third-order valence-electron chi connectivity index (χ3n) is 2.69. The summed E-state index contributed by atoms with van der Waals surface area (Å²) in [6.45, 7) is 0. The van der Waals surface area contributed by atoms with E-state index in [0.717, 1.165) is 23.9 Å². The molecule has 0 fully saturated rings. The van der Waals surface area contributed by atoms with Gasteiger partial charge >= 0.3 is 0 Å². The molecule has 0 aliphatic heterocycles. The SMILES string of the molecule is O=C(CSc1ccc(F)c(F)c1)NNC(=O)c1ccccc1Br. The number of rotatable bonds is 4. The second-order valence-electron chi connectivity index (χ2n) is 4.35. The van der Waals surface area contributed by atoms with Crippen molar-refractivity contribution < 1.29 is 18.4 Å². The second-order valence-corrected chi connectivity index (χ2v) is 6.25. The van der Waals surface area contributed by atoms with Crippen LogP contribution in [0.25, 0.3) is 0 Å². The van der Waals surface area contributed by atoms with E-state index in [4.69, 9.17) is 0 Å². The first-order valence-electron chi connectivity index (χ1n) is 6.39. The van der Waals surface area contributed by atoms with E-state index in [1.165, 1.54) is 6.07 Å². The second kappa shape index (κ2) is 8.07. The Balaban J connectivity index is 1.82. The fourth-order valence-electron chi connectivity index (χ4n) is 1.59. The molecule has 0 saturated carbocycles. The van der Waals surface area contributed by atoms with Crippen LogP contribution < -0.4 is 10.9 Å². The zero-order valence-electron chi connectivity index (χ0n) is 11.6. The molecule has 2 N–H and O–H groups in total. The molecule has 2 aromatic rings. The average Bonchev–Trinajstić information content (AvgIpc) is 2.54. The van der Waals surface area contributed by atoms with Crippen molar-refractivity contribution in [3.05, 3.63) is 64.1 Å². The first kappa shape index (κ1) is 17.4. The summed E-state index contributed by atoms with van der Waals surface area (Å²) in [5.41, 5.74) is 4.91. The molecule has 0 radical (unpaired) electrons. The molecular formula is C15H11BrF2N2O2S. The zero-order valence-corrected chi connectivity index (χ0v) is 14.0. The van der Waals surface area contributed by atoms with E-state index < -0.39 is 23.4 Å². The minimum Gasteiger partial charge on any atom is -0.272 e. The van der Waals surface area contributed by atoms with Gasteiger partial charge in [0.2, 0.25) is 5.91 Å². The topological polar surface area (TPSA) is 58.2 Å². The summed E-state index contributed by atoms with van der Waals surface area (Å²) in [6.07, 6.45) is 0. The van der Waals surface area contributed by atoms with E-state index in [2.05, 4.69) is 26.8 Å². The maximum absolute atomic E-state index is 13.0. The van der Waals surface area contributed by atoms with Crippen LogP contribution in [0.15, 0.2) is 51.8 Å².